The number of allylic oxidation sites excluding steroid dienone is 3. The molecule has 7 nitrogen and oxygen atoms in total. The average molecular weight is 478 g/mol. The zero-order valence-corrected chi connectivity index (χ0v) is 18.9. The van der Waals surface area contributed by atoms with Gasteiger partial charge in [0.1, 0.15) is 11.2 Å². The maximum Gasteiger partial charge on any atom is 0.334 e. The van der Waals surface area contributed by atoms with Gasteiger partial charge in [0.2, 0.25) is 5.91 Å². The quantitative estimate of drug-likeness (QED) is 0.270. The Morgan fingerprint density at radius 1 is 1.27 bits per heavy atom. The van der Waals surface area contributed by atoms with Crippen molar-refractivity contribution >= 4 is 39.3 Å². The SMILES string of the molecule is CCOC(=O)/C=C(/OCC)[C@@H]1CC(OC)=CC(=O)[C@]12C(=O)N(C)c1ccc(Br)cc12. The minimum Gasteiger partial charge on any atom is -0.501 e. The van der Waals surface area contributed by atoms with E-state index in [0.717, 1.165) is 4.47 Å². The van der Waals surface area contributed by atoms with Crippen molar-refractivity contribution in [3.8, 4) is 0 Å². The van der Waals surface area contributed by atoms with Crippen LogP contribution in [0.25, 0.3) is 0 Å². The van der Waals surface area contributed by atoms with E-state index < -0.39 is 23.1 Å². The van der Waals surface area contributed by atoms with Crippen LogP contribution in [0.3, 0.4) is 0 Å². The number of likely N-dealkylation sites (N-methyl/N-ethyl adjacent to an activating group) is 1. The molecular formula is C22H24BrNO6. The molecule has 1 aliphatic heterocycles. The molecule has 0 saturated heterocycles. The van der Waals surface area contributed by atoms with Crippen molar-refractivity contribution in [2.75, 3.05) is 32.3 Å². The molecule has 1 heterocycles. The summed E-state index contributed by atoms with van der Waals surface area (Å²) in [5.74, 6) is -1.49. The van der Waals surface area contributed by atoms with E-state index in [9.17, 15) is 14.4 Å². The summed E-state index contributed by atoms with van der Waals surface area (Å²) >= 11 is 3.45. The van der Waals surface area contributed by atoms with Crippen LogP contribution in [-0.2, 0) is 34.0 Å². The summed E-state index contributed by atoms with van der Waals surface area (Å²) in [7, 11) is 3.11. The first kappa shape index (κ1) is 22.1. The number of hydrogen-bond acceptors (Lipinski definition) is 6. The van der Waals surface area contributed by atoms with Crippen molar-refractivity contribution in [1.82, 2.24) is 0 Å². The van der Waals surface area contributed by atoms with Gasteiger partial charge in [-0.05, 0) is 32.0 Å². The normalized spacial score (nSPS) is 23.4. The minimum atomic E-state index is -1.55. The highest BCUT2D eigenvalue weighted by atomic mass is 79.9. The highest BCUT2D eigenvalue weighted by Gasteiger charge is 2.62. The van der Waals surface area contributed by atoms with E-state index in [1.54, 1.807) is 33.0 Å². The van der Waals surface area contributed by atoms with Crippen molar-refractivity contribution < 1.29 is 28.6 Å². The van der Waals surface area contributed by atoms with Crippen molar-refractivity contribution in [1.29, 1.82) is 0 Å². The number of esters is 1. The number of rotatable bonds is 6. The predicted octanol–water partition coefficient (Wildman–Crippen LogP) is 3.27. The number of ketones is 1. The third-order valence-electron chi connectivity index (χ3n) is 5.46. The molecule has 0 N–H and O–H groups in total. The summed E-state index contributed by atoms with van der Waals surface area (Å²) in [4.78, 5) is 40.9. The summed E-state index contributed by atoms with van der Waals surface area (Å²) in [6, 6.07) is 5.39. The molecule has 8 heteroatoms. The Morgan fingerprint density at radius 3 is 2.60 bits per heavy atom. The zero-order chi connectivity index (χ0) is 22.1. The number of nitrogens with zero attached hydrogens (tertiary/aromatic N) is 1. The Kier molecular flexibility index (Phi) is 6.36. The molecule has 2 atom stereocenters. The van der Waals surface area contributed by atoms with Gasteiger partial charge in [0, 0.05) is 41.2 Å². The fourth-order valence-corrected chi connectivity index (χ4v) is 4.55. The molecule has 0 bridgehead atoms. The monoisotopic (exact) mass is 477 g/mol. The highest BCUT2D eigenvalue weighted by molar-refractivity contribution is 9.10. The largest absolute Gasteiger partial charge is 0.501 e. The minimum absolute atomic E-state index is 0.199. The summed E-state index contributed by atoms with van der Waals surface area (Å²) in [5, 5.41) is 0. The second-order valence-corrected chi connectivity index (χ2v) is 7.92. The number of carbonyl (C=O) groups excluding carboxylic acids is 3. The van der Waals surface area contributed by atoms with E-state index in [2.05, 4.69) is 15.9 Å². The third kappa shape index (κ3) is 3.43. The second-order valence-electron chi connectivity index (χ2n) is 7.00. The molecule has 1 aliphatic carbocycles. The van der Waals surface area contributed by atoms with Crippen LogP contribution >= 0.6 is 15.9 Å². The molecule has 30 heavy (non-hydrogen) atoms. The molecule has 1 amide bonds. The summed E-state index contributed by atoms with van der Waals surface area (Å²) in [6.45, 7) is 3.93. The Balaban J connectivity index is 2.28. The van der Waals surface area contributed by atoms with E-state index in [-0.39, 0.29) is 31.3 Å². The van der Waals surface area contributed by atoms with Gasteiger partial charge in [0.25, 0.3) is 0 Å². The van der Waals surface area contributed by atoms with Gasteiger partial charge in [-0.1, -0.05) is 15.9 Å². The Bertz CT molecular complexity index is 953. The first-order chi connectivity index (χ1) is 14.3. The van der Waals surface area contributed by atoms with Gasteiger partial charge in [-0.2, -0.15) is 0 Å². The standard InChI is InChI=1S/C22H24BrNO6/c1-5-29-18(12-20(26)30-6-2)16-10-14(28-4)11-19(25)22(16)15-9-13(23)7-8-17(15)24(3)21(22)27/h7-9,11-12,16H,5-6,10H2,1-4H3/b18-12+/t16-,22+/m0/s1. The van der Waals surface area contributed by atoms with E-state index in [4.69, 9.17) is 14.2 Å². The average Bonchev–Trinajstić information content (AvgIpc) is 2.92. The third-order valence-corrected chi connectivity index (χ3v) is 5.95. The van der Waals surface area contributed by atoms with Crippen LogP contribution in [0.4, 0.5) is 5.69 Å². The van der Waals surface area contributed by atoms with Gasteiger partial charge in [0.05, 0.1) is 32.2 Å². The Labute approximate surface area is 183 Å². The van der Waals surface area contributed by atoms with Gasteiger partial charge in [-0.25, -0.2) is 4.79 Å². The number of amides is 1. The molecule has 1 aromatic carbocycles. The fourth-order valence-electron chi connectivity index (χ4n) is 4.19. The lowest BCUT2D eigenvalue weighted by Crippen LogP contribution is -2.53. The number of halogens is 1. The molecule has 0 unspecified atom stereocenters. The van der Waals surface area contributed by atoms with Gasteiger partial charge < -0.3 is 19.1 Å². The number of anilines is 1. The molecule has 0 aromatic heterocycles. The number of methoxy groups -OCH3 is 1. The van der Waals surface area contributed by atoms with Crippen molar-refractivity contribution in [2.24, 2.45) is 5.92 Å². The van der Waals surface area contributed by atoms with Crippen molar-refractivity contribution in [3.05, 3.63) is 51.9 Å². The maximum atomic E-state index is 13.6. The highest BCUT2D eigenvalue weighted by Crippen LogP contribution is 2.53. The van der Waals surface area contributed by atoms with E-state index in [0.29, 0.717) is 17.0 Å². The van der Waals surface area contributed by atoms with Gasteiger partial charge in [0.15, 0.2) is 5.78 Å². The van der Waals surface area contributed by atoms with Crippen LogP contribution in [0.2, 0.25) is 0 Å². The van der Waals surface area contributed by atoms with Crippen molar-refractivity contribution in [3.63, 3.8) is 0 Å². The molecule has 2 aliphatic rings. The van der Waals surface area contributed by atoms with Gasteiger partial charge in [-0.3, -0.25) is 9.59 Å². The number of benzene rings is 1. The first-order valence-corrected chi connectivity index (χ1v) is 10.5. The molecule has 1 aromatic rings. The van der Waals surface area contributed by atoms with Crippen LogP contribution in [0, 0.1) is 5.92 Å². The first-order valence-electron chi connectivity index (χ1n) is 9.69. The Morgan fingerprint density at radius 2 is 1.97 bits per heavy atom. The number of fused-ring (bicyclic) bond motifs is 2. The number of carbonyl (C=O) groups is 3. The number of hydrogen-bond donors (Lipinski definition) is 0. The zero-order valence-electron chi connectivity index (χ0n) is 17.4. The van der Waals surface area contributed by atoms with Crippen molar-refractivity contribution in [2.45, 2.75) is 25.7 Å². The maximum absolute atomic E-state index is 13.6. The molecule has 160 valence electrons. The lowest BCUT2D eigenvalue weighted by molar-refractivity contribution is -0.139. The van der Waals surface area contributed by atoms with E-state index in [1.807, 2.05) is 6.07 Å². The summed E-state index contributed by atoms with van der Waals surface area (Å²) in [6.07, 6.45) is 2.82. The van der Waals surface area contributed by atoms with Crippen LogP contribution in [0.15, 0.2) is 46.3 Å². The lowest BCUT2D eigenvalue weighted by Gasteiger charge is -2.38. The number of ether oxygens (including phenoxy) is 3. The van der Waals surface area contributed by atoms with Gasteiger partial charge in [-0.15, -0.1) is 0 Å². The molecular weight excluding hydrogens is 454 g/mol. The van der Waals surface area contributed by atoms with Crippen LogP contribution in [0.1, 0.15) is 25.8 Å². The predicted molar refractivity (Wildman–Crippen MR) is 114 cm³/mol. The van der Waals surface area contributed by atoms with E-state index in [1.165, 1.54) is 24.2 Å². The van der Waals surface area contributed by atoms with E-state index >= 15 is 0 Å². The fraction of sp³-hybridized carbons (Fsp3) is 0.409. The van der Waals surface area contributed by atoms with Crippen LogP contribution in [0.5, 0.6) is 0 Å². The molecule has 1 spiro atoms. The van der Waals surface area contributed by atoms with Gasteiger partial charge >= 0.3 is 5.97 Å². The smallest absolute Gasteiger partial charge is 0.334 e. The molecule has 0 saturated carbocycles. The Hall–Kier alpha value is -2.61. The molecule has 3 rings (SSSR count). The lowest BCUT2D eigenvalue weighted by atomic mass is 9.63. The van der Waals surface area contributed by atoms with Crippen LogP contribution < -0.4 is 4.90 Å². The molecule has 0 fully saturated rings. The summed E-state index contributed by atoms with van der Waals surface area (Å²) in [5.41, 5.74) is -0.341. The summed E-state index contributed by atoms with van der Waals surface area (Å²) < 4.78 is 16.9. The molecule has 0 radical (unpaired) electrons. The van der Waals surface area contributed by atoms with Crippen LogP contribution in [-0.4, -0.2) is 45.0 Å². The second kappa shape index (κ2) is 8.63. The topological polar surface area (TPSA) is 82.1 Å².